The first-order valence-electron chi connectivity index (χ1n) is 8.59. The smallest absolute Gasteiger partial charge is 0.414 e. The Morgan fingerprint density at radius 2 is 1.17 bits per heavy atom. The standard InChI is InChI=1S/2C7H13NO.C2H2O4/c2*1-2-7(8-4-1)3-5-9-6-7;3-1(4)2(5)6/h2*8H,1-6H2;(H,3,4)(H,5,6). The molecule has 4 aliphatic rings. The Bertz CT molecular complexity index is 343. The Kier molecular flexibility index (Phi) is 6.97. The molecule has 138 valence electrons. The fourth-order valence-corrected chi connectivity index (χ4v) is 3.63. The maximum atomic E-state index is 9.10. The van der Waals surface area contributed by atoms with Crippen molar-refractivity contribution >= 4 is 11.9 Å². The number of nitrogens with one attached hydrogen (secondary N) is 2. The van der Waals surface area contributed by atoms with Gasteiger partial charge in [-0.05, 0) is 51.6 Å². The van der Waals surface area contributed by atoms with E-state index in [1.165, 1.54) is 51.6 Å². The highest BCUT2D eigenvalue weighted by Crippen LogP contribution is 2.28. The third-order valence-corrected chi connectivity index (χ3v) is 5.05. The molecule has 4 heterocycles. The van der Waals surface area contributed by atoms with Crippen molar-refractivity contribution in [1.82, 2.24) is 10.6 Å². The highest BCUT2D eigenvalue weighted by Gasteiger charge is 2.37. The van der Waals surface area contributed by atoms with Crippen LogP contribution in [0.25, 0.3) is 0 Å². The normalized spacial score (nSPS) is 33.8. The van der Waals surface area contributed by atoms with Crippen molar-refractivity contribution < 1.29 is 29.3 Å². The molecule has 4 rings (SSSR count). The molecule has 24 heavy (non-hydrogen) atoms. The average Bonchev–Trinajstić information content (AvgIpc) is 3.36. The maximum Gasteiger partial charge on any atom is 0.414 e. The molecule has 0 aromatic carbocycles. The molecule has 4 aliphatic heterocycles. The molecule has 4 N–H and O–H groups in total. The van der Waals surface area contributed by atoms with Gasteiger partial charge in [-0.2, -0.15) is 0 Å². The van der Waals surface area contributed by atoms with Crippen molar-refractivity contribution in [3.63, 3.8) is 0 Å². The van der Waals surface area contributed by atoms with Crippen LogP contribution < -0.4 is 10.6 Å². The first kappa shape index (κ1) is 19.1. The molecule has 8 nitrogen and oxygen atoms in total. The van der Waals surface area contributed by atoms with Gasteiger partial charge in [-0.15, -0.1) is 0 Å². The van der Waals surface area contributed by atoms with E-state index in [2.05, 4.69) is 10.6 Å². The molecule has 2 atom stereocenters. The Morgan fingerprint density at radius 1 is 0.750 bits per heavy atom. The van der Waals surface area contributed by atoms with E-state index in [9.17, 15) is 0 Å². The molecule has 2 spiro atoms. The number of carbonyl (C=O) groups is 2. The summed E-state index contributed by atoms with van der Waals surface area (Å²) in [7, 11) is 0. The van der Waals surface area contributed by atoms with Crippen LogP contribution in [0.5, 0.6) is 0 Å². The van der Waals surface area contributed by atoms with Crippen LogP contribution in [0.3, 0.4) is 0 Å². The van der Waals surface area contributed by atoms with Gasteiger partial charge in [0, 0.05) is 24.3 Å². The third-order valence-electron chi connectivity index (χ3n) is 5.05. The van der Waals surface area contributed by atoms with Crippen LogP contribution in [-0.4, -0.2) is 72.7 Å². The fourth-order valence-electron chi connectivity index (χ4n) is 3.63. The lowest BCUT2D eigenvalue weighted by atomic mass is 9.97. The molecule has 0 amide bonds. The molecular weight excluding hydrogens is 316 g/mol. The van der Waals surface area contributed by atoms with Crippen molar-refractivity contribution in [2.24, 2.45) is 0 Å². The zero-order valence-electron chi connectivity index (χ0n) is 14.0. The van der Waals surface area contributed by atoms with Gasteiger partial charge in [0.25, 0.3) is 0 Å². The van der Waals surface area contributed by atoms with Gasteiger partial charge in [-0.3, -0.25) is 0 Å². The summed E-state index contributed by atoms with van der Waals surface area (Å²) in [5.41, 5.74) is 0.833. The summed E-state index contributed by atoms with van der Waals surface area (Å²) in [6.45, 7) is 6.23. The highest BCUT2D eigenvalue weighted by atomic mass is 16.5. The molecule has 2 unspecified atom stereocenters. The minimum absolute atomic E-state index is 0.417. The van der Waals surface area contributed by atoms with Gasteiger partial charge < -0.3 is 30.3 Å². The van der Waals surface area contributed by atoms with Gasteiger partial charge >= 0.3 is 11.9 Å². The largest absolute Gasteiger partial charge is 0.473 e. The van der Waals surface area contributed by atoms with E-state index in [0.717, 1.165) is 26.4 Å². The Hall–Kier alpha value is -1.22. The molecule has 0 aliphatic carbocycles. The highest BCUT2D eigenvalue weighted by molar-refractivity contribution is 6.27. The molecule has 4 fully saturated rings. The number of aliphatic carboxylic acids is 2. The lowest BCUT2D eigenvalue weighted by Gasteiger charge is -2.19. The van der Waals surface area contributed by atoms with Gasteiger partial charge in [0.2, 0.25) is 0 Å². The van der Waals surface area contributed by atoms with Gasteiger partial charge in [-0.25, -0.2) is 9.59 Å². The fraction of sp³-hybridized carbons (Fsp3) is 0.875. The summed E-state index contributed by atoms with van der Waals surface area (Å²) < 4.78 is 10.6. The molecule has 0 aromatic rings. The van der Waals surface area contributed by atoms with Crippen LogP contribution in [0.1, 0.15) is 38.5 Å². The number of carboxylic acids is 2. The molecule has 0 radical (unpaired) electrons. The van der Waals surface area contributed by atoms with Crippen LogP contribution in [0.15, 0.2) is 0 Å². The number of hydrogen-bond donors (Lipinski definition) is 4. The maximum absolute atomic E-state index is 9.10. The van der Waals surface area contributed by atoms with Crippen LogP contribution >= 0.6 is 0 Å². The summed E-state index contributed by atoms with van der Waals surface area (Å²) >= 11 is 0. The van der Waals surface area contributed by atoms with Crippen molar-refractivity contribution in [1.29, 1.82) is 0 Å². The van der Waals surface area contributed by atoms with E-state index in [4.69, 9.17) is 29.3 Å². The summed E-state index contributed by atoms with van der Waals surface area (Å²) in [6, 6.07) is 0. The van der Waals surface area contributed by atoms with Gasteiger partial charge in [0.15, 0.2) is 0 Å². The lowest BCUT2D eigenvalue weighted by Crippen LogP contribution is -2.39. The molecule has 8 heteroatoms. The monoisotopic (exact) mass is 344 g/mol. The van der Waals surface area contributed by atoms with Gasteiger partial charge in [0.1, 0.15) is 0 Å². The second-order valence-corrected chi connectivity index (χ2v) is 6.84. The number of carboxylic acid groups (broad SMARTS) is 2. The van der Waals surface area contributed by atoms with Crippen LogP contribution in [0.2, 0.25) is 0 Å². The van der Waals surface area contributed by atoms with Gasteiger partial charge in [-0.1, -0.05) is 0 Å². The summed E-state index contributed by atoms with van der Waals surface area (Å²) in [6.07, 6.45) is 7.78. The minimum atomic E-state index is -1.82. The quantitative estimate of drug-likeness (QED) is 0.461. The number of hydrogen-bond acceptors (Lipinski definition) is 6. The Balaban J connectivity index is 0.000000134. The van der Waals surface area contributed by atoms with Crippen molar-refractivity contribution in [2.45, 2.75) is 49.6 Å². The van der Waals surface area contributed by atoms with E-state index in [0.29, 0.717) is 11.1 Å². The van der Waals surface area contributed by atoms with Gasteiger partial charge in [0.05, 0.1) is 13.2 Å². The number of rotatable bonds is 0. The second kappa shape index (κ2) is 8.75. The number of ether oxygens (including phenoxy) is 2. The van der Waals surface area contributed by atoms with Crippen molar-refractivity contribution in [2.75, 3.05) is 39.5 Å². The summed E-state index contributed by atoms with van der Waals surface area (Å²) in [5.74, 6) is -3.65. The first-order chi connectivity index (χ1) is 11.5. The van der Waals surface area contributed by atoms with E-state index in [1.807, 2.05) is 0 Å². The van der Waals surface area contributed by atoms with Crippen LogP contribution in [0.4, 0.5) is 0 Å². The molecular formula is C16H28N2O6. The summed E-state index contributed by atoms with van der Waals surface area (Å²) in [5, 5.41) is 21.8. The summed E-state index contributed by atoms with van der Waals surface area (Å²) in [4.78, 5) is 18.2. The predicted octanol–water partition coefficient (Wildman–Crippen LogP) is 0.213. The Morgan fingerprint density at radius 3 is 1.38 bits per heavy atom. The van der Waals surface area contributed by atoms with Crippen LogP contribution in [0, 0.1) is 0 Å². The SMILES string of the molecule is C1CNC2(C1)CCOC2.C1CNC2(C1)CCOC2.O=C(O)C(=O)O. The zero-order chi connectivity index (χ0) is 17.5. The van der Waals surface area contributed by atoms with Crippen LogP contribution in [-0.2, 0) is 19.1 Å². The third kappa shape index (κ3) is 5.41. The van der Waals surface area contributed by atoms with E-state index in [-0.39, 0.29) is 0 Å². The molecule has 0 bridgehead atoms. The Labute approximate surface area is 141 Å². The van der Waals surface area contributed by atoms with E-state index < -0.39 is 11.9 Å². The van der Waals surface area contributed by atoms with Crippen molar-refractivity contribution in [3.05, 3.63) is 0 Å². The first-order valence-corrected chi connectivity index (χ1v) is 8.59. The molecule has 0 saturated carbocycles. The van der Waals surface area contributed by atoms with E-state index in [1.54, 1.807) is 0 Å². The molecule has 0 aromatic heterocycles. The molecule has 4 saturated heterocycles. The zero-order valence-corrected chi connectivity index (χ0v) is 14.0. The predicted molar refractivity (Wildman–Crippen MR) is 86.1 cm³/mol. The topological polar surface area (TPSA) is 117 Å². The lowest BCUT2D eigenvalue weighted by molar-refractivity contribution is -0.159. The average molecular weight is 344 g/mol. The second-order valence-electron chi connectivity index (χ2n) is 6.84. The van der Waals surface area contributed by atoms with E-state index >= 15 is 0 Å². The van der Waals surface area contributed by atoms with Crippen molar-refractivity contribution in [3.8, 4) is 0 Å². The minimum Gasteiger partial charge on any atom is -0.473 e.